The summed E-state index contributed by atoms with van der Waals surface area (Å²) < 4.78 is 22.2. The zero-order valence-corrected chi connectivity index (χ0v) is 16.9. The van der Waals surface area contributed by atoms with Crippen molar-refractivity contribution in [3.05, 3.63) is 34.9 Å². The number of phosphoric acid groups is 2. The van der Waals surface area contributed by atoms with Gasteiger partial charge in [0.05, 0.1) is 6.61 Å². The standard InChI is InChI=1S/C15H26O.H4O7P2/c1-13(2)7-5-8-14(3)9-6-10-15(4)11-12-16;1-8(2,3)7-9(4,5)6/h7,9,11,16H,5-6,8,10,12H2,1-4H3;(H2,1,2,3)(H2,4,5,6). The highest BCUT2D eigenvalue weighted by Gasteiger charge is 2.27. The van der Waals surface area contributed by atoms with Crippen LogP contribution in [0.25, 0.3) is 0 Å². The number of hydrogen-bond acceptors (Lipinski definition) is 4. The second-order valence-corrected chi connectivity index (χ2v) is 8.32. The molecule has 5 N–H and O–H groups in total. The van der Waals surface area contributed by atoms with E-state index in [2.05, 4.69) is 44.2 Å². The van der Waals surface area contributed by atoms with E-state index in [4.69, 9.17) is 24.7 Å². The van der Waals surface area contributed by atoms with Crippen molar-refractivity contribution in [2.45, 2.75) is 53.4 Å². The van der Waals surface area contributed by atoms with Crippen LogP contribution in [0.1, 0.15) is 53.4 Å². The fraction of sp³-hybridized carbons (Fsp3) is 0.600. The van der Waals surface area contributed by atoms with Gasteiger partial charge in [0.2, 0.25) is 0 Å². The molecule has 0 aliphatic rings. The van der Waals surface area contributed by atoms with Crippen molar-refractivity contribution in [1.29, 1.82) is 0 Å². The lowest BCUT2D eigenvalue weighted by atomic mass is 10.1. The van der Waals surface area contributed by atoms with E-state index < -0.39 is 15.6 Å². The molecule has 0 radical (unpaired) electrons. The molecule has 0 saturated carbocycles. The SMILES string of the molecule is CC(C)=CCCC(C)=CCCC(C)=CCO.O=P(O)(O)OP(=O)(O)O. The van der Waals surface area contributed by atoms with Crippen LogP contribution in [-0.2, 0) is 13.4 Å². The average molecular weight is 400 g/mol. The fourth-order valence-electron chi connectivity index (χ4n) is 1.63. The molecule has 0 aromatic rings. The normalized spacial score (nSPS) is 13.2. The molecule has 148 valence electrons. The molecule has 10 heteroatoms. The second-order valence-electron chi connectivity index (χ2n) is 5.71. The van der Waals surface area contributed by atoms with Crippen LogP contribution in [0.2, 0.25) is 0 Å². The van der Waals surface area contributed by atoms with Crippen molar-refractivity contribution in [1.82, 2.24) is 0 Å². The van der Waals surface area contributed by atoms with Crippen molar-refractivity contribution >= 4 is 15.6 Å². The highest BCUT2D eigenvalue weighted by atomic mass is 31.3. The van der Waals surface area contributed by atoms with Crippen LogP contribution in [0.4, 0.5) is 0 Å². The van der Waals surface area contributed by atoms with Gasteiger partial charge in [-0.1, -0.05) is 34.9 Å². The zero-order chi connectivity index (χ0) is 20.1. The Labute approximate surface area is 149 Å². The van der Waals surface area contributed by atoms with Gasteiger partial charge in [-0.25, -0.2) is 9.13 Å². The van der Waals surface area contributed by atoms with Crippen LogP contribution >= 0.6 is 15.6 Å². The summed E-state index contributed by atoms with van der Waals surface area (Å²) in [4.78, 5) is 31.0. The lowest BCUT2D eigenvalue weighted by Crippen LogP contribution is -1.84. The van der Waals surface area contributed by atoms with E-state index in [1.807, 2.05) is 6.08 Å². The van der Waals surface area contributed by atoms with Gasteiger partial charge in [0.15, 0.2) is 0 Å². The maximum absolute atomic E-state index is 9.63. The molecular weight excluding hydrogens is 370 g/mol. The number of hydrogen-bond donors (Lipinski definition) is 5. The van der Waals surface area contributed by atoms with E-state index in [-0.39, 0.29) is 6.61 Å². The van der Waals surface area contributed by atoms with E-state index in [0.717, 1.165) is 25.7 Å². The van der Waals surface area contributed by atoms with Gasteiger partial charge in [-0.3, -0.25) is 0 Å². The molecule has 0 heterocycles. The molecule has 0 aromatic heterocycles. The quantitative estimate of drug-likeness (QED) is 0.292. The minimum Gasteiger partial charge on any atom is -0.392 e. The van der Waals surface area contributed by atoms with Crippen molar-refractivity contribution in [2.75, 3.05) is 6.61 Å². The van der Waals surface area contributed by atoms with Crippen molar-refractivity contribution in [3.8, 4) is 0 Å². The van der Waals surface area contributed by atoms with Crippen LogP contribution in [0.5, 0.6) is 0 Å². The Bertz CT molecular complexity index is 530. The van der Waals surface area contributed by atoms with Gasteiger partial charge in [0.1, 0.15) is 0 Å². The number of rotatable bonds is 9. The minimum atomic E-state index is -5.05. The maximum atomic E-state index is 9.63. The Morgan fingerprint density at radius 1 is 0.800 bits per heavy atom. The van der Waals surface area contributed by atoms with Gasteiger partial charge >= 0.3 is 15.6 Å². The Kier molecular flexibility index (Phi) is 14.5. The molecule has 0 amide bonds. The molecule has 0 aliphatic carbocycles. The van der Waals surface area contributed by atoms with Crippen LogP contribution in [-0.4, -0.2) is 31.3 Å². The van der Waals surface area contributed by atoms with Crippen LogP contribution in [0.3, 0.4) is 0 Å². The largest absolute Gasteiger partial charge is 0.478 e. The minimum absolute atomic E-state index is 0.162. The van der Waals surface area contributed by atoms with Crippen molar-refractivity contribution in [3.63, 3.8) is 0 Å². The highest BCUT2D eigenvalue weighted by Crippen LogP contribution is 2.53. The van der Waals surface area contributed by atoms with Crippen molar-refractivity contribution < 1.29 is 38.1 Å². The first kappa shape index (κ1) is 26.7. The molecule has 25 heavy (non-hydrogen) atoms. The summed E-state index contributed by atoms with van der Waals surface area (Å²) in [5.74, 6) is 0. The molecule has 0 spiro atoms. The molecule has 0 saturated heterocycles. The summed E-state index contributed by atoms with van der Waals surface area (Å²) in [6.07, 6.45) is 10.9. The van der Waals surface area contributed by atoms with Crippen LogP contribution < -0.4 is 0 Å². The summed E-state index contributed by atoms with van der Waals surface area (Å²) in [6, 6.07) is 0. The maximum Gasteiger partial charge on any atom is 0.478 e. The molecule has 0 atom stereocenters. The van der Waals surface area contributed by atoms with E-state index >= 15 is 0 Å². The Morgan fingerprint density at radius 2 is 1.20 bits per heavy atom. The van der Waals surface area contributed by atoms with Crippen molar-refractivity contribution in [2.24, 2.45) is 0 Å². The summed E-state index contributed by atoms with van der Waals surface area (Å²) >= 11 is 0. The fourth-order valence-corrected chi connectivity index (χ4v) is 2.74. The third-order valence-corrected chi connectivity index (χ3v) is 4.48. The molecule has 8 nitrogen and oxygen atoms in total. The van der Waals surface area contributed by atoms with Gasteiger partial charge in [0, 0.05) is 0 Å². The van der Waals surface area contributed by atoms with Gasteiger partial charge in [0.25, 0.3) is 0 Å². The van der Waals surface area contributed by atoms with Gasteiger partial charge in [-0.05, 0) is 53.4 Å². The first-order valence-electron chi connectivity index (χ1n) is 7.64. The molecule has 0 aromatic carbocycles. The third kappa shape index (κ3) is 25.8. The Balaban J connectivity index is 0. The van der Waals surface area contributed by atoms with Gasteiger partial charge in [-0.15, -0.1) is 0 Å². The average Bonchev–Trinajstić information content (AvgIpc) is 2.34. The topological polar surface area (TPSA) is 145 Å². The first-order valence-corrected chi connectivity index (χ1v) is 10.7. The summed E-state index contributed by atoms with van der Waals surface area (Å²) in [7, 11) is -10.1. The monoisotopic (exact) mass is 400 g/mol. The van der Waals surface area contributed by atoms with Gasteiger partial charge < -0.3 is 24.7 Å². The smallest absolute Gasteiger partial charge is 0.392 e. The Morgan fingerprint density at radius 3 is 1.52 bits per heavy atom. The number of aliphatic hydroxyl groups is 1. The zero-order valence-electron chi connectivity index (χ0n) is 15.1. The highest BCUT2D eigenvalue weighted by molar-refractivity contribution is 7.60. The third-order valence-electron chi connectivity index (χ3n) is 2.78. The van der Waals surface area contributed by atoms with E-state index in [0.29, 0.717) is 0 Å². The number of allylic oxidation sites excluding steroid dienone is 5. The summed E-state index contributed by atoms with van der Waals surface area (Å²) in [5.41, 5.74) is 4.14. The number of aliphatic hydroxyl groups excluding tert-OH is 1. The van der Waals surface area contributed by atoms with Gasteiger partial charge in [-0.2, -0.15) is 4.31 Å². The van der Waals surface area contributed by atoms with Crippen LogP contribution in [0, 0.1) is 0 Å². The molecule has 0 fully saturated rings. The van der Waals surface area contributed by atoms with E-state index in [1.54, 1.807) is 0 Å². The second kappa shape index (κ2) is 13.6. The lowest BCUT2D eigenvalue weighted by molar-refractivity contribution is 0.225. The predicted molar refractivity (Wildman–Crippen MR) is 97.7 cm³/mol. The lowest BCUT2D eigenvalue weighted by Gasteiger charge is -2.03. The summed E-state index contributed by atoms with van der Waals surface area (Å²) in [5, 5.41) is 8.72. The molecular formula is C15H30O8P2. The Hall–Kier alpha value is -0.560. The van der Waals surface area contributed by atoms with Crippen LogP contribution in [0.15, 0.2) is 34.9 Å². The first-order chi connectivity index (χ1) is 11.3. The van der Waals surface area contributed by atoms with E-state index in [9.17, 15) is 9.13 Å². The molecule has 0 aliphatic heterocycles. The van der Waals surface area contributed by atoms with E-state index in [1.165, 1.54) is 16.7 Å². The molecule has 0 unspecified atom stereocenters. The molecule has 0 rings (SSSR count). The summed E-state index contributed by atoms with van der Waals surface area (Å²) in [6.45, 7) is 8.71. The predicted octanol–water partition coefficient (Wildman–Crippen LogP) is 3.59. The molecule has 0 bridgehead atoms.